The molecule has 0 atom stereocenters. The predicted molar refractivity (Wildman–Crippen MR) is 70.1 cm³/mol. The SMILES string of the molecule is Nc1ccc(C(=O)NCC2CCC(F)(F)CC2)cc1. The third kappa shape index (κ3) is 3.91. The molecule has 3 N–H and O–H groups in total. The van der Waals surface area contributed by atoms with Crippen molar-refractivity contribution in [2.45, 2.75) is 31.6 Å². The van der Waals surface area contributed by atoms with Crippen LogP contribution in [0.5, 0.6) is 0 Å². The van der Waals surface area contributed by atoms with Crippen LogP contribution in [-0.2, 0) is 0 Å². The van der Waals surface area contributed by atoms with E-state index in [1.54, 1.807) is 24.3 Å². The van der Waals surface area contributed by atoms with Crippen molar-refractivity contribution >= 4 is 11.6 Å². The van der Waals surface area contributed by atoms with E-state index >= 15 is 0 Å². The van der Waals surface area contributed by atoms with E-state index in [2.05, 4.69) is 5.32 Å². The molecule has 5 heteroatoms. The zero-order valence-corrected chi connectivity index (χ0v) is 10.7. The van der Waals surface area contributed by atoms with Crippen LogP contribution in [0.2, 0.25) is 0 Å². The summed E-state index contributed by atoms with van der Waals surface area (Å²) in [4.78, 5) is 11.8. The van der Waals surface area contributed by atoms with E-state index in [-0.39, 0.29) is 24.7 Å². The molecule has 104 valence electrons. The topological polar surface area (TPSA) is 55.1 Å². The lowest BCUT2D eigenvalue weighted by Crippen LogP contribution is -2.33. The maximum atomic E-state index is 13.0. The van der Waals surface area contributed by atoms with Gasteiger partial charge in [0.2, 0.25) is 5.92 Å². The minimum absolute atomic E-state index is 0.0740. The van der Waals surface area contributed by atoms with Crippen molar-refractivity contribution in [3.8, 4) is 0 Å². The summed E-state index contributed by atoms with van der Waals surface area (Å²) in [5, 5.41) is 2.79. The third-order valence-corrected chi connectivity index (χ3v) is 3.56. The van der Waals surface area contributed by atoms with Crippen LogP contribution in [0.1, 0.15) is 36.0 Å². The van der Waals surface area contributed by atoms with E-state index in [0.29, 0.717) is 30.6 Å². The van der Waals surface area contributed by atoms with Crippen molar-refractivity contribution in [2.75, 3.05) is 12.3 Å². The molecule has 0 spiro atoms. The summed E-state index contributed by atoms with van der Waals surface area (Å²) < 4.78 is 26.0. The van der Waals surface area contributed by atoms with Gasteiger partial charge in [0.25, 0.3) is 5.91 Å². The zero-order chi connectivity index (χ0) is 13.9. The highest BCUT2D eigenvalue weighted by Crippen LogP contribution is 2.35. The molecular formula is C14H18F2N2O. The van der Waals surface area contributed by atoms with Gasteiger partial charge in [0.15, 0.2) is 0 Å². The highest BCUT2D eigenvalue weighted by molar-refractivity contribution is 5.94. The second-order valence-electron chi connectivity index (χ2n) is 5.13. The molecule has 1 aromatic carbocycles. The molecule has 2 rings (SSSR count). The Morgan fingerprint density at radius 2 is 1.84 bits per heavy atom. The first-order valence-electron chi connectivity index (χ1n) is 6.48. The highest BCUT2D eigenvalue weighted by atomic mass is 19.3. The Labute approximate surface area is 111 Å². The number of benzene rings is 1. The molecule has 1 aliphatic carbocycles. The summed E-state index contributed by atoms with van der Waals surface area (Å²) in [5.41, 5.74) is 6.68. The number of nitrogen functional groups attached to an aromatic ring is 1. The summed E-state index contributed by atoms with van der Waals surface area (Å²) in [5.74, 6) is -2.55. The Balaban J connectivity index is 1.80. The first kappa shape index (κ1) is 13.8. The number of amides is 1. The summed E-state index contributed by atoms with van der Waals surface area (Å²) in [7, 11) is 0. The monoisotopic (exact) mass is 268 g/mol. The van der Waals surface area contributed by atoms with Crippen LogP contribution in [0.25, 0.3) is 0 Å². The second-order valence-corrected chi connectivity index (χ2v) is 5.13. The van der Waals surface area contributed by atoms with Gasteiger partial charge in [0, 0.05) is 30.6 Å². The lowest BCUT2D eigenvalue weighted by atomic mass is 9.87. The molecule has 0 radical (unpaired) electrons. The van der Waals surface area contributed by atoms with Gasteiger partial charge in [0.05, 0.1) is 0 Å². The number of anilines is 1. The van der Waals surface area contributed by atoms with Crippen LogP contribution in [0.15, 0.2) is 24.3 Å². The minimum Gasteiger partial charge on any atom is -0.399 e. The molecule has 1 aromatic rings. The molecule has 0 bridgehead atoms. The Kier molecular flexibility index (Phi) is 4.02. The maximum absolute atomic E-state index is 13.0. The third-order valence-electron chi connectivity index (χ3n) is 3.56. The number of carbonyl (C=O) groups is 1. The molecule has 1 fully saturated rings. The number of nitrogens with two attached hydrogens (primary N) is 1. The zero-order valence-electron chi connectivity index (χ0n) is 10.7. The molecule has 19 heavy (non-hydrogen) atoms. The molecule has 1 saturated carbocycles. The van der Waals surface area contributed by atoms with Crippen molar-refractivity contribution in [2.24, 2.45) is 5.92 Å². The fraction of sp³-hybridized carbons (Fsp3) is 0.500. The Morgan fingerprint density at radius 3 is 2.42 bits per heavy atom. The summed E-state index contributed by atoms with van der Waals surface area (Å²) >= 11 is 0. The summed E-state index contributed by atoms with van der Waals surface area (Å²) in [6.45, 7) is 0.458. The van der Waals surface area contributed by atoms with E-state index in [4.69, 9.17) is 5.73 Å². The van der Waals surface area contributed by atoms with Crippen molar-refractivity contribution < 1.29 is 13.6 Å². The average molecular weight is 268 g/mol. The molecule has 0 heterocycles. The van der Waals surface area contributed by atoms with Crippen LogP contribution in [0.4, 0.5) is 14.5 Å². The smallest absolute Gasteiger partial charge is 0.251 e. The fourth-order valence-electron chi connectivity index (χ4n) is 2.28. The molecule has 0 aromatic heterocycles. The van der Waals surface area contributed by atoms with Gasteiger partial charge >= 0.3 is 0 Å². The number of hydrogen-bond donors (Lipinski definition) is 2. The first-order chi connectivity index (χ1) is 8.96. The Morgan fingerprint density at radius 1 is 1.26 bits per heavy atom. The van der Waals surface area contributed by atoms with E-state index in [0.717, 1.165) is 0 Å². The van der Waals surface area contributed by atoms with Crippen LogP contribution >= 0.6 is 0 Å². The van der Waals surface area contributed by atoms with Crippen molar-refractivity contribution in [3.05, 3.63) is 29.8 Å². The van der Waals surface area contributed by atoms with E-state index in [9.17, 15) is 13.6 Å². The van der Waals surface area contributed by atoms with Crippen LogP contribution in [0.3, 0.4) is 0 Å². The normalized spacial score (nSPS) is 19.1. The number of alkyl halides is 2. The van der Waals surface area contributed by atoms with E-state index in [1.807, 2.05) is 0 Å². The number of carbonyl (C=O) groups excluding carboxylic acids is 1. The highest BCUT2D eigenvalue weighted by Gasteiger charge is 2.34. The van der Waals surface area contributed by atoms with Crippen molar-refractivity contribution in [1.82, 2.24) is 5.32 Å². The van der Waals surface area contributed by atoms with E-state index in [1.165, 1.54) is 0 Å². The lowest BCUT2D eigenvalue weighted by Gasteiger charge is -2.28. The summed E-state index contributed by atoms with van der Waals surface area (Å²) in [6, 6.07) is 6.63. The second kappa shape index (κ2) is 5.55. The van der Waals surface area contributed by atoms with Crippen molar-refractivity contribution in [1.29, 1.82) is 0 Å². The van der Waals surface area contributed by atoms with Gasteiger partial charge < -0.3 is 11.1 Å². The largest absolute Gasteiger partial charge is 0.399 e. The van der Waals surface area contributed by atoms with Gasteiger partial charge in [0.1, 0.15) is 0 Å². The van der Waals surface area contributed by atoms with Crippen LogP contribution in [-0.4, -0.2) is 18.4 Å². The molecule has 0 unspecified atom stereocenters. The number of hydrogen-bond acceptors (Lipinski definition) is 2. The quantitative estimate of drug-likeness (QED) is 0.828. The van der Waals surface area contributed by atoms with Gasteiger partial charge in [-0.15, -0.1) is 0 Å². The molecular weight excluding hydrogens is 250 g/mol. The standard InChI is InChI=1S/C14H18F2N2O/c15-14(16)7-5-10(6-8-14)9-18-13(19)11-1-3-12(17)4-2-11/h1-4,10H,5-9,17H2,(H,18,19). The predicted octanol–water partition coefficient (Wildman–Crippen LogP) is 2.82. The lowest BCUT2D eigenvalue weighted by molar-refractivity contribution is -0.0452. The van der Waals surface area contributed by atoms with Crippen LogP contribution in [0, 0.1) is 5.92 Å². The van der Waals surface area contributed by atoms with Gasteiger partial charge in [-0.2, -0.15) is 0 Å². The molecule has 3 nitrogen and oxygen atoms in total. The van der Waals surface area contributed by atoms with Crippen molar-refractivity contribution in [3.63, 3.8) is 0 Å². The van der Waals surface area contributed by atoms with Crippen LogP contribution < -0.4 is 11.1 Å². The fourth-order valence-corrected chi connectivity index (χ4v) is 2.28. The van der Waals surface area contributed by atoms with E-state index < -0.39 is 5.92 Å². The molecule has 0 saturated heterocycles. The van der Waals surface area contributed by atoms with Gasteiger partial charge in [-0.3, -0.25) is 4.79 Å². The molecule has 0 aliphatic heterocycles. The maximum Gasteiger partial charge on any atom is 0.251 e. The minimum atomic E-state index is -2.52. The summed E-state index contributed by atoms with van der Waals surface area (Å²) in [6.07, 6.45) is 0.787. The van der Waals surface area contributed by atoms with Gasteiger partial charge in [-0.1, -0.05) is 0 Å². The first-order valence-corrected chi connectivity index (χ1v) is 6.48. The number of rotatable bonds is 3. The number of halogens is 2. The van der Waals surface area contributed by atoms with Gasteiger partial charge in [-0.25, -0.2) is 8.78 Å². The van der Waals surface area contributed by atoms with Gasteiger partial charge in [-0.05, 0) is 43.0 Å². The average Bonchev–Trinajstić information content (AvgIpc) is 2.38. The Hall–Kier alpha value is -1.65. The Bertz CT molecular complexity index is 435. The molecule has 1 aliphatic rings. The number of nitrogens with one attached hydrogen (secondary N) is 1. The molecule has 1 amide bonds.